The molecule has 2 nitrogen and oxygen atoms in total. The molecule has 0 heterocycles. The summed E-state index contributed by atoms with van der Waals surface area (Å²) in [6.07, 6.45) is 3.39. The zero-order chi connectivity index (χ0) is 12.0. The summed E-state index contributed by atoms with van der Waals surface area (Å²) in [5.74, 6) is -0.830. The second-order valence-electron chi connectivity index (χ2n) is 3.17. The third-order valence-electron chi connectivity index (χ3n) is 1.81. The first-order chi connectivity index (χ1) is 7.63. The quantitative estimate of drug-likeness (QED) is 0.625. The number of esters is 1. The fraction of sp³-hybridized carbons (Fsp3) is 0.250. The van der Waals surface area contributed by atoms with E-state index in [1.54, 1.807) is 12.1 Å². The summed E-state index contributed by atoms with van der Waals surface area (Å²) < 4.78 is 18.8. The van der Waals surface area contributed by atoms with Crippen molar-refractivity contribution < 1.29 is 13.9 Å². The van der Waals surface area contributed by atoms with Gasteiger partial charge in [-0.2, -0.15) is 0 Å². The Balaban J connectivity index is 2.68. The first kappa shape index (κ1) is 12.9. The molecule has 4 heteroatoms. The van der Waals surface area contributed by atoms with Crippen LogP contribution in [-0.2, 0) is 9.53 Å². The van der Waals surface area contributed by atoms with Crippen LogP contribution in [0.25, 0.3) is 6.08 Å². The summed E-state index contributed by atoms with van der Waals surface area (Å²) in [7, 11) is 0. The van der Waals surface area contributed by atoms with Crippen LogP contribution in [0, 0.1) is 5.82 Å². The molecule has 0 aromatic heterocycles. The summed E-state index contributed by atoms with van der Waals surface area (Å²) in [5, 5.41) is 0. The fourth-order valence-corrected chi connectivity index (χ4v) is 1.43. The lowest BCUT2D eigenvalue weighted by atomic mass is 10.2. The van der Waals surface area contributed by atoms with Crippen molar-refractivity contribution in [2.75, 3.05) is 6.61 Å². The molecule has 0 N–H and O–H groups in total. The Kier molecular flexibility index (Phi) is 5.19. The van der Waals surface area contributed by atoms with Crippen LogP contribution in [0.3, 0.4) is 0 Å². The van der Waals surface area contributed by atoms with Gasteiger partial charge in [0.2, 0.25) is 0 Å². The van der Waals surface area contributed by atoms with Gasteiger partial charge in [0.05, 0.1) is 6.61 Å². The minimum absolute atomic E-state index is 0.350. The topological polar surface area (TPSA) is 26.3 Å². The molecule has 0 atom stereocenters. The van der Waals surface area contributed by atoms with Crippen molar-refractivity contribution in [3.05, 3.63) is 40.1 Å². The van der Waals surface area contributed by atoms with E-state index in [1.165, 1.54) is 18.2 Å². The number of carbonyl (C=O) groups is 1. The molecule has 1 aromatic rings. The van der Waals surface area contributed by atoms with Gasteiger partial charge in [0.1, 0.15) is 5.82 Å². The van der Waals surface area contributed by atoms with Crippen LogP contribution in [0.1, 0.15) is 18.9 Å². The van der Waals surface area contributed by atoms with Crippen LogP contribution in [0.4, 0.5) is 4.39 Å². The average Bonchev–Trinajstić information content (AvgIpc) is 2.27. The maximum absolute atomic E-state index is 13.2. The van der Waals surface area contributed by atoms with Crippen LogP contribution in [0.15, 0.2) is 28.7 Å². The van der Waals surface area contributed by atoms with E-state index in [0.717, 1.165) is 10.9 Å². The van der Waals surface area contributed by atoms with E-state index in [0.29, 0.717) is 12.2 Å². The van der Waals surface area contributed by atoms with E-state index >= 15 is 0 Å². The lowest BCUT2D eigenvalue weighted by Gasteiger charge is -1.99. The Morgan fingerprint density at radius 1 is 1.56 bits per heavy atom. The predicted molar refractivity (Wildman–Crippen MR) is 64.4 cm³/mol. The van der Waals surface area contributed by atoms with Gasteiger partial charge >= 0.3 is 5.97 Å². The average molecular weight is 287 g/mol. The van der Waals surface area contributed by atoms with Gasteiger partial charge < -0.3 is 4.74 Å². The molecule has 0 bridgehead atoms. The van der Waals surface area contributed by atoms with E-state index < -0.39 is 5.97 Å². The molecule has 0 saturated heterocycles. The van der Waals surface area contributed by atoms with Gasteiger partial charge in [0.15, 0.2) is 0 Å². The monoisotopic (exact) mass is 286 g/mol. The number of hydrogen-bond acceptors (Lipinski definition) is 2. The lowest BCUT2D eigenvalue weighted by molar-refractivity contribution is -0.137. The zero-order valence-electron chi connectivity index (χ0n) is 8.87. The Bertz CT molecular complexity index is 402. The van der Waals surface area contributed by atoms with E-state index in [9.17, 15) is 9.18 Å². The Morgan fingerprint density at radius 2 is 2.31 bits per heavy atom. The van der Waals surface area contributed by atoms with Crippen LogP contribution in [0.5, 0.6) is 0 Å². The van der Waals surface area contributed by atoms with Gasteiger partial charge in [0, 0.05) is 16.1 Å². The largest absolute Gasteiger partial charge is 0.463 e. The minimum Gasteiger partial charge on any atom is -0.463 e. The second kappa shape index (κ2) is 6.43. The Hall–Kier alpha value is -1.16. The standard InChI is InChI=1S/C12H12BrFO2/c1-2-7-16-12(15)6-3-9-8-10(13)4-5-11(9)14/h3-6,8H,2,7H2,1H3. The van der Waals surface area contributed by atoms with E-state index in [-0.39, 0.29) is 5.82 Å². The van der Waals surface area contributed by atoms with Crippen molar-refractivity contribution >= 4 is 28.0 Å². The number of benzene rings is 1. The zero-order valence-corrected chi connectivity index (χ0v) is 10.5. The molecule has 0 aliphatic rings. The number of ether oxygens (including phenoxy) is 1. The third-order valence-corrected chi connectivity index (χ3v) is 2.30. The third kappa shape index (κ3) is 4.14. The molecule has 1 aromatic carbocycles. The number of halogens is 2. The molecular formula is C12H12BrFO2. The Morgan fingerprint density at radius 3 is 3.00 bits per heavy atom. The van der Waals surface area contributed by atoms with Crippen molar-refractivity contribution in [3.8, 4) is 0 Å². The minimum atomic E-state index is -0.457. The van der Waals surface area contributed by atoms with E-state index in [1.807, 2.05) is 6.92 Å². The molecule has 0 saturated carbocycles. The van der Waals surface area contributed by atoms with Gasteiger partial charge in [-0.15, -0.1) is 0 Å². The smallest absolute Gasteiger partial charge is 0.330 e. The van der Waals surface area contributed by atoms with Gasteiger partial charge in [-0.1, -0.05) is 22.9 Å². The second-order valence-corrected chi connectivity index (χ2v) is 4.08. The van der Waals surface area contributed by atoms with Gasteiger partial charge in [-0.3, -0.25) is 0 Å². The van der Waals surface area contributed by atoms with Gasteiger partial charge in [-0.25, -0.2) is 9.18 Å². The molecular weight excluding hydrogens is 275 g/mol. The molecule has 0 aliphatic carbocycles. The highest BCUT2D eigenvalue weighted by molar-refractivity contribution is 9.10. The molecule has 0 amide bonds. The highest BCUT2D eigenvalue weighted by Gasteiger charge is 2.00. The molecule has 0 radical (unpaired) electrons. The number of rotatable bonds is 4. The van der Waals surface area contributed by atoms with E-state index in [4.69, 9.17) is 4.74 Å². The molecule has 0 spiro atoms. The normalized spacial score (nSPS) is 10.7. The molecule has 0 fully saturated rings. The SMILES string of the molecule is CCCOC(=O)C=Cc1cc(Br)ccc1F. The van der Waals surface area contributed by atoms with Crippen LogP contribution in [-0.4, -0.2) is 12.6 Å². The number of hydrogen-bond donors (Lipinski definition) is 0. The van der Waals surface area contributed by atoms with Crippen molar-refractivity contribution in [1.29, 1.82) is 0 Å². The first-order valence-corrected chi connectivity index (χ1v) is 5.72. The summed E-state index contributed by atoms with van der Waals surface area (Å²) in [6, 6.07) is 4.53. The molecule has 16 heavy (non-hydrogen) atoms. The molecule has 0 unspecified atom stereocenters. The van der Waals surface area contributed by atoms with Crippen molar-refractivity contribution in [3.63, 3.8) is 0 Å². The van der Waals surface area contributed by atoms with Crippen LogP contribution < -0.4 is 0 Å². The summed E-state index contributed by atoms with van der Waals surface area (Å²) in [5.41, 5.74) is 0.350. The summed E-state index contributed by atoms with van der Waals surface area (Å²) in [4.78, 5) is 11.1. The lowest BCUT2D eigenvalue weighted by Crippen LogP contribution is -2.00. The van der Waals surface area contributed by atoms with Gasteiger partial charge in [-0.05, 0) is 30.7 Å². The van der Waals surface area contributed by atoms with Crippen molar-refractivity contribution in [2.24, 2.45) is 0 Å². The van der Waals surface area contributed by atoms with Gasteiger partial charge in [0.25, 0.3) is 0 Å². The molecule has 0 aliphatic heterocycles. The van der Waals surface area contributed by atoms with Crippen LogP contribution >= 0.6 is 15.9 Å². The number of carbonyl (C=O) groups excluding carboxylic acids is 1. The first-order valence-electron chi connectivity index (χ1n) is 4.93. The van der Waals surface area contributed by atoms with E-state index in [2.05, 4.69) is 15.9 Å². The molecule has 1 rings (SSSR count). The highest BCUT2D eigenvalue weighted by Crippen LogP contribution is 2.16. The fourth-order valence-electron chi connectivity index (χ4n) is 1.05. The van der Waals surface area contributed by atoms with Crippen LogP contribution in [0.2, 0.25) is 0 Å². The summed E-state index contributed by atoms with van der Waals surface area (Å²) in [6.45, 7) is 2.29. The maximum atomic E-state index is 13.2. The Labute approximate surface area is 102 Å². The molecule has 86 valence electrons. The predicted octanol–water partition coefficient (Wildman–Crippen LogP) is 3.55. The van der Waals surface area contributed by atoms with Crippen molar-refractivity contribution in [1.82, 2.24) is 0 Å². The highest BCUT2D eigenvalue weighted by atomic mass is 79.9. The summed E-state index contributed by atoms with van der Waals surface area (Å²) >= 11 is 3.23. The maximum Gasteiger partial charge on any atom is 0.330 e. The van der Waals surface area contributed by atoms with Crippen molar-refractivity contribution in [2.45, 2.75) is 13.3 Å².